The van der Waals surface area contributed by atoms with Gasteiger partial charge < -0.3 is 14.6 Å². The molecule has 4 heteroatoms. The topological polar surface area (TPSA) is 55.8 Å². The Bertz CT molecular complexity index is 424. The molecule has 0 unspecified atom stereocenters. The zero-order valence-electron chi connectivity index (χ0n) is 11.3. The Kier molecular flexibility index (Phi) is 4.73. The number of aliphatic carboxylic acids is 1. The largest absolute Gasteiger partial charge is 0.496 e. The van der Waals surface area contributed by atoms with Crippen LogP contribution in [0.5, 0.6) is 5.75 Å². The second kappa shape index (κ2) is 5.87. The molecule has 0 aromatic heterocycles. The van der Waals surface area contributed by atoms with E-state index < -0.39 is 11.4 Å². The minimum absolute atomic E-state index is 0.412. The Morgan fingerprint density at radius 2 is 2.00 bits per heavy atom. The molecular formula is C14H20O4. The molecule has 0 aliphatic heterocycles. The van der Waals surface area contributed by atoms with Gasteiger partial charge in [0, 0.05) is 12.7 Å². The Balaban J connectivity index is 3.12. The molecule has 0 heterocycles. The van der Waals surface area contributed by atoms with Crippen molar-refractivity contribution in [3.63, 3.8) is 0 Å². The highest BCUT2D eigenvalue weighted by Gasteiger charge is 2.28. The van der Waals surface area contributed by atoms with Gasteiger partial charge in [-0.05, 0) is 31.9 Å². The summed E-state index contributed by atoms with van der Waals surface area (Å²) in [6.07, 6.45) is 0.443. The fourth-order valence-corrected chi connectivity index (χ4v) is 1.83. The number of ether oxygens (including phenoxy) is 2. The number of carboxylic acid groups (broad SMARTS) is 1. The van der Waals surface area contributed by atoms with E-state index in [1.807, 2.05) is 18.2 Å². The van der Waals surface area contributed by atoms with Crippen molar-refractivity contribution in [2.45, 2.75) is 26.9 Å². The van der Waals surface area contributed by atoms with Crippen molar-refractivity contribution in [1.29, 1.82) is 0 Å². The average Bonchev–Trinajstić information content (AvgIpc) is 2.31. The molecule has 100 valence electrons. The fourth-order valence-electron chi connectivity index (χ4n) is 1.83. The first-order valence-corrected chi connectivity index (χ1v) is 5.79. The number of hydrogen-bond donors (Lipinski definition) is 1. The van der Waals surface area contributed by atoms with Gasteiger partial charge in [-0.25, -0.2) is 0 Å². The van der Waals surface area contributed by atoms with Gasteiger partial charge in [-0.3, -0.25) is 4.79 Å². The Hall–Kier alpha value is -1.55. The molecule has 1 rings (SSSR count). The van der Waals surface area contributed by atoms with Gasteiger partial charge in [-0.15, -0.1) is 0 Å². The number of carboxylic acids is 1. The summed E-state index contributed by atoms with van der Waals surface area (Å²) in [5.41, 5.74) is 1.05. The third-order valence-electron chi connectivity index (χ3n) is 2.95. The number of hydrogen-bond acceptors (Lipinski definition) is 3. The number of methoxy groups -OCH3 is 2. The molecule has 0 saturated heterocycles. The molecule has 0 aliphatic rings. The predicted molar refractivity (Wildman–Crippen MR) is 68.8 cm³/mol. The van der Waals surface area contributed by atoms with Crippen LogP contribution in [0.3, 0.4) is 0 Å². The van der Waals surface area contributed by atoms with Crippen LogP contribution in [-0.4, -0.2) is 25.3 Å². The maximum atomic E-state index is 11.2. The summed E-state index contributed by atoms with van der Waals surface area (Å²) in [7, 11) is 3.21. The minimum Gasteiger partial charge on any atom is -0.496 e. The molecular weight excluding hydrogens is 232 g/mol. The summed E-state index contributed by atoms with van der Waals surface area (Å²) < 4.78 is 10.4. The lowest BCUT2D eigenvalue weighted by Crippen LogP contribution is -2.26. The van der Waals surface area contributed by atoms with Crippen LogP contribution in [0.25, 0.3) is 0 Å². The van der Waals surface area contributed by atoms with Crippen molar-refractivity contribution in [1.82, 2.24) is 0 Å². The second-order valence-corrected chi connectivity index (χ2v) is 4.90. The zero-order valence-corrected chi connectivity index (χ0v) is 11.3. The summed E-state index contributed by atoms with van der Waals surface area (Å²) in [6.45, 7) is 3.84. The normalized spacial score (nSPS) is 11.3. The first-order valence-electron chi connectivity index (χ1n) is 5.79. The molecule has 0 fully saturated rings. The third kappa shape index (κ3) is 3.23. The van der Waals surface area contributed by atoms with Gasteiger partial charge in [0.05, 0.1) is 19.1 Å². The van der Waals surface area contributed by atoms with Crippen LogP contribution in [-0.2, 0) is 22.6 Å². The van der Waals surface area contributed by atoms with E-state index in [0.29, 0.717) is 13.0 Å². The van der Waals surface area contributed by atoms with E-state index in [1.54, 1.807) is 28.1 Å². The monoisotopic (exact) mass is 252 g/mol. The molecule has 0 spiro atoms. The summed E-state index contributed by atoms with van der Waals surface area (Å²) >= 11 is 0. The molecule has 0 atom stereocenters. The van der Waals surface area contributed by atoms with Gasteiger partial charge in [-0.2, -0.15) is 0 Å². The zero-order chi connectivity index (χ0) is 13.8. The van der Waals surface area contributed by atoms with E-state index >= 15 is 0 Å². The van der Waals surface area contributed by atoms with E-state index in [4.69, 9.17) is 9.47 Å². The first-order chi connectivity index (χ1) is 8.42. The first kappa shape index (κ1) is 14.5. The third-order valence-corrected chi connectivity index (χ3v) is 2.95. The van der Waals surface area contributed by atoms with Gasteiger partial charge in [0.25, 0.3) is 0 Å². The molecule has 0 amide bonds. The van der Waals surface area contributed by atoms with Crippen LogP contribution < -0.4 is 4.74 Å². The van der Waals surface area contributed by atoms with E-state index in [-0.39, 0.29) is 0 Å². The molecule has 1 aromatic carbocycles. The Morgan fingerprint density at radius 1 is 1.33 bits per heavy atom. The molecule has 0 saturated carbocycles. The molecule has 0 bridgehead atoms. The van der Waals surface area contributed by atoms with Gasteiger partial charge in [-0.1, -0.05) is 12.1 Å². The second-order valence-electron chi connectivity index (χ2n) is 4.90. The van der Waals surface area contributed by atoms with Crippen LogP contribution in [0.15, 0.2) is 18.2 Å². The van der Waals surface area contributed by atoms with Gasteiger partial charge in [0.2, 0.25) is 0 Å². The highest BCUT2D eigenvalue weighted by molar-refractivity contribution is 5.74. The summed E-state index contributed by atoms with van der Waals surface area (Å²) in [6, 6.07) is 5.64. The van der Waals surface area contributed by atoms with Gasteiger partial charge in [0.1, 0.15) is 5.75 Å². The molecule has 4 nitrogen and oxygen atoms in total. The maximum Gasteiger partial charge on any atom is 0.309 e. The molecule has 0 aliphatic carbocycles. The van der Waals surface area contributed by atoms with Crippen LogP contribution in [0.1, 0.15) is 25.0 Å². The van der Waals surface area contributed by atoms with E-state index in [1.165, 1.54) is 0 Å². The van der Waals surface area contributed by atoms with Crippen molar-refractivity contribution < 1.29 is 19.4 Å². The maximum absolute atomic E-state index is 11.2. The van der Waals surface area contributed by atoms with Crippen LogP contribution in [0, 0.1) is 5.41 Å². The number of carbonyl (C=O) groups is 1. The van der Waals surface area contributed by atoms with E-state index in [2.05, 4.69) is 0 Å². The molecule has 1 aromatic rings. The lowest BCUT2D eigenvalue weighted by molar-refractivity contribution is -0.146. The highest BCUT2D eigenvalue weighted by atomic mass is 16.5. The molecule has 1 N–H and O–H groups in total. The number of benzene rings is 1. The Labute approximate surface area is 108 Å². The quantitative estimate of drug-likeness (QED) is 0.845. The lowest BCUT2D eigenvalue weighted by Gasteiger charge is -2.22. The molecule has 0 radical (unpaired) electrons. The Morgan fingerprint density at radius 3 is 2.50 bits per heavy atom. The van der Waals surface area contributed by atoms with E-state index in [0.717, 1.165) is 16.9 Å². The smallest absolute Gasteiger partial charge is 0.309 e. The minimum atomic E-state index is -0.811. The number of rotatable bonds is 6. The van der Waals surface area contributed by atoms with E-state index in [9.17, 15) is 9.90 Å². The standard InChI is InChI=1S/C14H20O4/c1-14(2,13(15)16)8-10-6-5-7-12(18-4)11(10)9-17-3/h5-7H,8-9H2,1-4H3,(H,15,16). The lowest BCUT2D eigenvalue weighted by atomic mass is 9.84. The summed E-state index contributed by atoms with van der Waals surface area (Å²) in [5.74, 6) is -0.0794. The SMILES string of the molecule is COCc1c(CC(C)(C)C(=O)O)cccc1OC. The molecule has 18 heavy (non-hydrogen) atoms. The van der Waals surface area contributed by atoms with Gasteiger partial charge in [0.15, 0.2) is 0 Å². The van der Waals surface area contributed by atoms with Gasteiger partial charge >= 0.3 is 5.97 Å². The van der Waals surface area contributed by atoms with Crippen molar-refractivity contribution >= 4 is 5.97 Å². The highest BCUT2D eigenvalue weighted by Crippen LogP contribution is 2.29. The average molecular weight is 252 g/mol. The summed E-state index contributed by atoms with van der Waals surface area (Å²) in [4.78, 5) is 11.2. The summed E-state index contributed by atoms with van der Waals surface area (Å²) in [5, 5.41) is 9.19. The van der Waals surface area contributed by atoms with Crippen LogP contribution in [0.4, 0.5) is 0 Å². The van der Waals surface area contributed by atoms with Crippen LogP contribution >= 0.6 is 0 Å². The van der Waals surface area contributed by atoms with Crippen molar-refractivity contribution in [2.24, 2.45) is 5.41 Å². The van der Waals surface area contributed by atoms with Crippen LogP contribution in [0.2, 0.25) is 0 Å². The fraction of sp³-hybridized carbons (Fsp3) is 0.500. The van der Waals surface area contributed by atoms with Crippen molar-refractivity contribution in [2.75, 3.05) is 14.2 Å². The van der Waals surface area contributed by atoms with Crippen molar-refractivity contribution in [3.05, 3.63) is 29.3 Å². The predicted octanol–water partition coefficient (Wildman–Crippen LogP) is 2.49. The van der Waals surface area contributed by atoms with Crippen molar-refractivity contribution in [3.8, 4) is 5.75 Å².